The molecule has 0 aromatic heterocycles. The first-order chi connectivity index (χ1) is 26.7. The number of nitrogens with zero attached hydrogens (tertiary/aromatic N) is 6. The first kappa shape index (κ1) is 42.6. The Kier molecular flexibility index (Phi) is 15.2. The van der Waals surface area contributed by atoms with Gasteiger partial charge in [-0.2, -0.15) is 10.2 Å². The van der Waals surface area contributed by atoms with Gasteiger partial charge >= 0.3 is 12.1 Å². The van der Waals surface area contributed by atoms with E-state index in [1.54, 1.807) is 44.2 Å². The van der Waals surface area contributed by atoms with E-state index >= 15 is 0 Å². The molecule has 22 heteroatoms. The van der Waals surface area contributed by atoms with Crippen molar-refractivity contribution in [2.24, 2.45) is 15.3 Å². The molecule has 56 heavy (non-hydrogen) atoms. The highest BCUT2D eigenvalue weighted by Gasteiger charge is 2.46. The lowest BCUT2D eigenvalue weighted by molar-refractivity contribution is -0.145. The van der Waals surface area contributed by atoms with Gasteiger partial charge in [-0.05, 0) is 18.0 Å². The topological polar surface area (TPSA) is 307 Å². The zero-order valence-corrected chi connectivity index (χ0v) is 30.7. The third kappa shape index (κ3) is 12.5. The highest BCUT2D eigenvalue weighted by atomic mass is 16.6. The van der Waals surface area contributed by atoms with E-state index in [-0.39, 0.29) is 51.2 Å². The van der Waals surface area contributed by atoms with Crippen molar-refractivity contribution in [1.29, 1.82) is 0 Å². The van der Waals surface area contributed by atoms with Crippen molar-refractivity contribution in [3.8, 4) is 0 Å². The lowest BCUT2D eigenvalue weighted by atomic mass is 9.99. The summed E-state index contributed by atoms with van der Waals surface area (Å²) in [4.78, 5) is 79.3. The summed E-state index contributed by atoms with van der Waals surface area (Å²) < 4.78 is 16.8. The Hall–Kier alpha value is -6.09. The summed E-state index contributed by atoms with van der Waals surface area (Å²) in [6, 6.07) is 6.15. The Labute approximate surface area is 320 Å². The number of hydrogen-bond acceptors (Lipinski definition) is 15. The fourth-order valence-electron chi connectivity index (χ4n) is 5.51. The van der Waals surface area contributed by atoms with Gasteiger partial charge in [0, 0.05) is 43.0 Å². The van der Waals surface area contributed by atoms with Crippen molar-refractivity contribution >= 4 is 35.7 Å². The average molecular weight is 784 g/mol. The molecule has 1 fully saturated rings. The van der Waals surface area contributed by atoms with Crippen LogP contribution in [0.15, 0.2) is 70.4 Å². The second-order valence-corrected chi connectivity index (χ2v) is 13.0. The third-order valence-electron chi connectivity index (χ3n) is 8.70. The monoisotopic (exact) mass is 783 g/mol. The van der Waals surface area contributed by atoms with E-state index in [4.69, 9.17) is 19.7 Å². The van der Waals surface area contributed by atoms with Crippen LogP contribution in [0.25, 0.3) is 10.4 Å². The van der Waals surface area contributed by atoms with E-state index in [0.29, 0.717) is 5.56 Å². The zero-order chi connectivity index (χ0) is 40.8. The molecule has 0 saturated carbocycles. The van der Waals surface area contributed by atoms with E-state index in [1.807, 2.05) is 0 Å². The number of rotatable bonds is 20. The Morgan fingerprint density at radius 1 is 1.11 bits per heavy atom. The molecule has 0 radical (unpaired) electrons. The van der Waals surface area contributed by atoms with Gasteiger partial charge in [0.05, 0.1) is 32.2 Å². The third-order valence-corrected chi connectivity index (χ3v) is 8.70. The van der Waals surface area contributed by atoms with Gasteiger partial charge in [-0.25, -0.2) is 4.79 Å². The van der Waals surface area contributed by atoms with Crippen LogP contribution in [0.1, 0.15) is 51.2 Å². The van der Waals surface area contributed by atoms with Crippen molar-refractivity contribution < 1.29 is 53.2 Å². The van der Waals surface area contributed by atoms with Crippen LogP contribution in [-0.4, -0.2) is 119 Å². The van der Waals surface area contributed by atoms with Gasteiger partial charge in [-0.3, -0.25) is 24.0 Å². The van der Waals surface area contributed by atoms with E-state index in [2.05, 4.69) is 53.4 Å². The number of aliphatic hydroxyl groups excluding tert-OH is 2. The SMILES string of the molecule is C=C1NC(=O)C=CN1C1OC(CNC(=O)CCC(=O)OCCC(NC(=O)CC)C(OC(=O)NC(CN=[N+]=[N-])C(=O)NCC2(C)N=N2)c2ccccc2)C(O)C1O. The second kappa shape index (κ2) is 20.0. The fourth-order valence-corrected chi connectivity index (χ4v) is 5.51. The number of carbonyl (C=O) groups excluding carboxylic acids is 6. The summed E-state index contributed by atoms with van der Waals surface area (Å²) >= 11 is 0. The van der Waals surface area contributed by atoms with Crippen LogP contribution in [0, 0.1) is 0 Å². The molecule has 302 valence electrons. The molecule has 22 nitrogen and oxygen atoms in total. The number of benzene rings is 1. The quantitative estimate of drug-likeness (QED) is 0.0399. The molecular weight excluding hydrogens is 738 g/mol. The molecule has 1 aromatic carbocycles. The standard InChI is InChI=1S/C34H45N11O11/c1-4-24(46)40-21(30(20-8-6-5-7-9-20)56-33(53)41-22(16-38-44-35)31(52)37-18-34(3)42-43-34)13-15-54-27(49)11-10-25(47)36-17-23-28(50)29(51)32(55-23)45-14-12-26(48)39-19(45)2/h5-9,12,14,21-23,28-30,32,50-51H,2,4,10-11,13,15-18H2,1,3H3,(H,36,47)(H,37,52)(H,39,48)(H,40,46)(H,41,53). The van der Waals surface area contributed by atoms with Crippen molar-refractivity contribution in [2.75, 3.05) is 26.2 Å². The minimum absolute atomic E-state index is 0.0343. The Morgan fingerprint density at radius 3 is 2.50 bits per heavy atom. The number of carbonyl (C=O) groups is 6. The largest absolute Gasteiger partial charge is 0.466 e. The molecular formula is C34H45N11O11. The maximum atomic E-state index is 13.2. The van der Waals surface area contributed by atoms with Crippen molar-refractivity contribution in [3.05, 3.63) is 71.0 Å². The lowest BCUT2D eigenvalue weighted by Gasteiger charge is -2.32. The van der Waals surface area contributed by atoms with Crippen molar-refractivity contribution in [1.82, 2.24) is 31.5 Å². The fraction of sp³-hybridized carbons (Fsp3) is 0.529. The minimum Gasteiger partial charge on any atom is -0.466 e. The number of hydrogen-bond donors (Lipinski definition) is 7. The average Bonchev–Trinajstić information content (AvgIpc) is 3.86. The molecule has 0 bridgehead atoms. The number of amides is 5. The highest BCUT2D eigenvalue weighted by molar-refractivity contribution is 5.89. The van der Waals surface area contributed by atoms with Crippen LogP contribution in [-0.2, 0) is 38.2 Å². The highest BCUT2D eigenvalue weighted by Crippen LogP contribution is 2.28. The zero-order valence-electron chi connectivity index (χ0n) is 30.7. The normalized spacial score (nSPS) is 22.0. The maximum absolute atomic E-state index is 13.2. The summed E-state index contributed by atoms with van der Waals surface area (Å²) in [6.07, 6.45) is -5.11. The van der Waals surface area contributed by atoms with Crippen molar-refractivity contribution in [2.45, 2.75) is 87.9 Å². The number of aliphatic hydroxyl groups is 2. The minimum atomic E-state index is -1.39. The Morgan fingerprint density at radius 2 is 1.84 bits per heavy atom. The van der Waals surface area contributed by atoms with Gasteiger partial charge in [-0.1, -0.05) is 48.9 Å². The summed E-state index contributed by atoms with van der Waals surface area (Å²) in [7, 11) is 0. The molecule has 7 unspecified atom stereocenters. The Bertz CT molecular complexity index is 1730. The molecule has 1 saturated heterocycles. The smallest absolute Gasteiger partial charge is 0.408 e. The molecule has 3 aliphatic rings. The van der Waals surface area contributed by atoms with E-state index in [0.717, 1.165) is 0 Å². The molecule has 0 aliphatic carbocycles. The van der Waals surface area contributed by atoms with Gasteiger partial charge in [-0.15, -0.1) is 0 Å². The number of nitrogens with one attached hydrogen (secondary N) is 5. The van der Waals surface area contributed by atoms with Crippen LogP contribution in [0.3, 0.4) is 0 Å². The van der Waals surface area contributed by atoms with E-state index in [1.165, 1.54) is 17.2 Å². The van der Waals surface area contributed by atoms with Gasteiger partial charge in [0.15, 0.2) is 6.23 Å². The van der Waals surface area contributed by atoms with Crippen LogP contribution in [0.5, 0.6) is 0 Å². The first-order valence-electron chi connectivity index (χ1n) is 17.7. The van der Waals surface area contributed by atoms with Crippen LogP contribution < -0.4 is 26.6 Å². The molecule has 4 rings (SSSR count). The van der Waals surface area contributed by atoms with Gasteiger partial charge in [0.2, 0.25) is 23.4 Å². The number of azide groups is 1. The van der Waals surface area contributed by atoms with Crippen LogP contribution in [0.4, 0.5) is 4.79 Å². The summed E-state index contributed by atoms with van der Waals surface area (Å²) in [5.74, 6) is -2.67. The van der Waals surface area contributed by atoms with Crippen molar-refractivity contribution in [3.63, 3.8) is 0 Å². The maximum Gasteiger partial charge on any atom is 0.408 e. The second-order valence-electron chi connectivity index (χ2n) is 13.0. The predicted octanol–water partition coefficient (Wildman–Crippen LogP) is 0.0189. The van der Waals surface area contributed by atoms with Gasteiger partial charge in [0.25, 0.3) is 5.91 Å². The number of esters is 1. The summed E-state index contributed by atoms with van der Waals surface area (Å²) in [5, 5.41) is 44.7. The predicted molar refractivity (Wildman–Crippen MR) is 192 cm³/mol. The molecule has 1 aromatic rings. The van der Waals surface area contributed by atoms with Crippen LogP contribution in [0.2, 0.25) is 0 Å². The molecule has 3 aliphatic heterocycles. The number of alkyl carbamates (subject to hydrolysis) is 1. The Balaban J connectivity index is 1.30. The van der Waals surface area contributed by atoms with Crippen LogP contribution >= 0.6 is 0 Å². The molecule has 0 spiro atoms. The first-order valence-corrected chi connectivity index (χ1v) is 17.7. The molecule has 3 heterocycles. The van der Waals surface area contributed by atoms with E-state index in [9.17, 15) is 39.0 Å². The van der Waals surface area contributed by atoms with Gasteiger partial charge < -0.3 is 55.9 Å². The molecule has 7 atom stereocenters. The molecule has 7 N–H and O–H groups in total. The summed E-state index contributed by atoms with van der Waals surface area (Å²) in [6.45, 7) is 6.16. The summed E-state index contributed by atoms with van der Waals surface area (Å²) in [5.41, 5.74) is 8.51. The lowest BCUT2D eigenvalue weighted by Crippen LogP contribution is -2.51. The molecule has 5 amide bonds. The van der Waals surface area contributed by atoms with E-state index < -0.39 is 90.6 Å². The van der Waals surface area contributed by atoms with Gasteiger partial charge in [0.1, 0.15) is 36.3 Å². The number of ether oxygens (including phenoxy) is 3.